The highest BCUT2D eigenvalue weighted by Gasteiger charge is 2.33. The maximum atomic E-state index is 12.0. The van der Waals surface area contributed by atoms with Crippen LogP contribution >= 0.6 is 0 Å². The van der Waals surface area contributed by atoms with Crippen molar-refractivity contribution in [1.29, 1.82) is 5.26 Å². The first-order valence-electron chi connectivity index (χ1n) is 8.81. The Morgan fingerprint density at radius 2 is 1.88 bits per heavy atom. The number of likely N-dealkylation sites (tertiary alicyclic amines) is 1. The van der Waals surface area contributed by atoms with E-state index in [-0.39, 0.29) is 17.9 Å². The predicted molar refractivity (Wildman–Crippen MR) is 91.0 cm³/mol. The molecular formula is C19H25N3O2. The first-order valence-corrected chi connectivity index (χ1v) is 8.81. The second-order valence-corrected chi connectivity index (χ2v) is 7.01. The van der Waals surface area contributed by atoms with Crippen LogP contribution in [0.2, 0.25) is 0 Å². The molecule has 0 spiro atoms. The molecule has 5 nitrogen and oxygen atoms in total. The average Bonchev–Trinajstić information content (AvgIpc) is 3.44. The number of aliphatic hydroxyl groups excluding tert-OH is 1. The summed E-state index contributed by atoms with van der Waals surface area (Å²) < 4.78 is 0. The SMILES string of the molecule is CC(c1ccc(C#N)cc1)N1CCC(C(O)C(=O)NC2CC2)CC1. The van der Waals surface area contributed by atoms with Crippen LogP contribution < -0.4 is 5.32 Å². The molecule has 2 atom stereocenters. The molecule has 1 heterocycles. The standard InChI is InChI=1S/C19H25N3O2/c1-13(15-4-2-14(12-20)3-5-15)22-10-8-16(9-11-22)18(23)19(24)21-17-6-7-17/h2-5,13,16-18,23H,6-11H2,1H3,(H,21,24). The van der Waals surface area contributed by atoms with Gasteiger partial charge in [-0.25, -0.2) is 0 Å². The number of nitrogens with one attached hydrogen (secondary N) is 1. The smallest absolute Gasteiger partial charge is 0.249 e. The fraction of sp³-hybridized carbons (Fsp3) is 0.579. The molecule has 2 N–H and O–H groups in total. The Morgan fingerprint density at radius 3 is 2.42 bits per heavy atom. The summed E-state index contributed by atoms with van der Waals surface area (Å²) in [7, 11) is 0. The van der Waals surface area contributed by atoms with Gasteiger partial charge in [0.1, 0.15) is 6.10 Å². The van der Waals surface area contributed by atoms with Gasteiger partial charge in [-0.3, -0.25) is 9.69 Å². The van der Waals surface area contributed by atoms with E-state index in [0.717, 1.165) is 38.8 Å². The van der Waals surface area contributed by atoms with Crippen LogP contribution in [-0.2, 0) is 4.79 Å². The Kier molecular flexibility index (Phi) is 5.17. The topological polar surface area (TPSA) is 76.4 Å². The third kappa shape index (κ3) is 3.95. The molecule has 1 aliphatic heterocycles. The molecule has 5 heteroatoms. The van der Waals surface area contributed by atoms with Crippen LogP contribution in [0, 0.1) is 17.2 Å². The molecule has 1 aromatic rings. The molecule has 1 aromatic carbocycles. The van der Waals surface area contributed by atoms with Crippen molar-refractivity contribution in [2.75, 3.05) is 13.1 Å². The molecule has 2 fully saturated rings. The number of carbonyl (C=O) groups is 1. The number of hydrogen-bond donors (Lipinski definition) is 2. The zero-order chi connectivity index (χ0) is 17.1. The summed E-state index contributed by atoms with van der Waals surface area (Å²) in [5.74, 6) is -0.149. The van der Waals surface area contributed by atoms with E-state index in [1.165, 1.54) is 5.56 Å². The van der Waals surface area contributed by atoms with Crippen molar-refractivity contribution in [1.82, 2.24) is 10.2 Å². The summed E-state index contributed by atoms with van der Waals surface area (Å²) in [5, 5.41) is 22.0. The van der Waals surface area contributed by atoms with Gasteiger partial charge >= 0.3 is 0 Å². The summed E-state index contributed by atoms with van der Waals surface area (Å²) in [6, 6.07) is 10.4. The average molecular weight is 327 g/mol. The Labute approximate surface area is 143 Å². The monoisotopic (exact) mass is 327 g/mol. The molecule has 0 aromatic heterocycles. The van der Waals surface area contributed by atoms with Crippen molar-refractivity contribution in [3.8, 4) is 6.07 Å². The lowest BCUT2D eigenvalue weighted by Gasteiger charge is -2.37. The molecule has 128 valence electrons. The van der Waals surface area contributed by atoms with Gasteiger partial charge < -0.3 is 10.4 Å². The molecule has 1 amide bonds. The maximum absolute atomic E-state index is 12.0. The lowest BCUT2D eigenvalue weighted by Crippen LogP contribution is -2.45. The lowest BCUT2D eigenvalue weighted by atomic mass is 9.89. The number of nitriles is 1. The Balaban J connectivity index is 1.51. The van der Waals surface area contributed by atoms with Gasteiger partial charge in [0, 0.05) is 12.1 Å². The lowest BCUT2D eigenvalue weighted by molar-refractivity contribution is -0.133. The molecule has 1 aliphatic carbocycles. The molecule has 1 saturated heterocycles. The van der Waals surface area contributed by atoms with Gasteiger partial charge in [0.2, 0.25) is 5.91 Å². The number of carbonyl (C=O) groups excluding carboxylic acids is 1. The summed E-state index contributed by atoms with van der Waals surface area (Å²) in [5.41, 5.74) is 1.87. The van der Waals surface area contributed by atoms with Gasteiger partial charge in [-0.05, 0) is 69.3 Å². The van der Waals surface area contributed by atoms with E-state index >= 15 is 0 Å². The normalized spacial score (nSPS) is 21.7. The number of nitrogens with zero attached hydrogens (tertiary/aromatic N) is 2. The third-order valence-corrected chi connectivity index (χ3v) is 5.28. The molecular weight excluding hydrogens is 302 g/mol. The number of benzene rings is 1. The predicted octanol–water partition coefficient (Wildman–Crippen LogP) is 1.97. The van der Waals surface area contributed by atoms with Crippen LogP contribution in [0.4, 0.5) is 0 Å². The van der Waals surface area contributed by atoms with Gasteiger partial charge in [0.15, 0.2) is 0 Å². The number of hydrogen-bond acceptors (Lipinski definition) is 4. The number of aliphatic hydroxyl groups is 1. The third-order valence-electron chi connectivity index (χ3n) is 5.28. The zero-order valence-electron chi connectivity index (χ0n) is 14.1. The minimum Gasteiger partial charge on any atom is -0.383 e. The number of piperidine rings is 1. The summed E-state index contributed by atoms with van der Waals surface area (Å²) in [4.78, 5) is 14.4. The minimum atomic E-state index is -0.877. The number of amides is 1. The quantitative estimate of drug-likeness (QED) is 0.867. The Hall–Kier alpha value is -1.90. The second-order valence-electron chi connectivity index (χ2n) is 7.01. The van der Waals surface area contributed by atoms with Crippen molar-refractivity contribution in [3.63, 3.8) is 0 Å². The Bertz CT molecular complexity index is 610. The highest BCUT2D eigenvalue weighted by Crippen LogP contribution is 2.29. The van der Waals surface area contributed by atoms with E-state index < -0.39 is 6.10 Å². The summed E-state index contributed by atoms with van der Waals surface area (Å²) in [6.45, 7) is 3.91. The van der Waals surface area contributed by atoms with E-state index in [1.54, 1.807) is 0 Å². The highest BCUT2D eigenvalue weighted by atomic mass is 16.3. The second kappa shape index (κ2) is 7.33. The molecule has 3 rings (SSSR count). The van der Waals surface area contributed by atoms with Crippen molar-refractivity contribution >= 4 is 5.91 Å². The van der Waals surface area contributed by atoms with E-state index in [0.29, 0.717) is 11.6 Å². The van der Waals surface area contributed by atoms with Crippen molar-refractivity contribution in [3.05, 3.63) is 35.4 Å². The van der Waals surface area contributed by atoms with E-state index in [2.05, 4.69) is 23.2 Å². The van der Waals surface area contributed by atoms with Crippen molar-refractivity contribution in [2.24, 2.45) is 5.92 Å². The molecule has 0 radical (unpaired) electrons. The van der Waals surface area contributed by atoms with Crippen LogP contribution in [-0.4, -0.2) is 41.1 Å². The van der Waals surface area contributed by atoms with E-state index in [1.807, 2.05) is 24.3 Å². The molecule has 1 saturated carbocycles. The molecule has 24 heavy (non-hydrogen) atoms. The van der Waals surface area contributed by atoms with Crippen molar-refractivity contribution < 1.29 is 9.90 Å². The summed E-state index contributed by atoms with van der Waals surface area (Å²) in [6.07, 6.45) is 2.87. The zero-order valence-corrected chi connectivity index (χ0v) is 14.1. The largest absolute Gasteiger partial charge is 0.383 e. The fourth-order valence-corrected chi connectivity index (χ4v) is 3.40. The van der Waals surface area contributed by atoms with Gasteiger partial charge in [0.05, 0.1) is 11.6 Å². The molecule has 2 aliphatic rings. The van der Waals surface area contributed by atoms with E-state index in [9.17, 15) is 9.90 Å². The highest BCUT2D eigenvalue weighted by molar-refractivity contribution is 5.81. The number of rotatable bonds is 5. The summed E-state index contributed by atoms with van der Waals surface area (Å²) >= 11 is 0. The molecule has 2 unspecified atom stereocenters. The van der Waals surface area contributed by atoms with Crippen LogP contribution in [0.15, 0.2) is 24.3 Å². The maximum Gasteiger partial charge on any atom is 0.249 e. The first kappa shape index (κ1) is 16.9. The van der Waals surface area contributed by atoms with Crippen LogP contribution in [0.3, 0.4) is 0 Å². The van der Waals surface area contributed by atoms with Crippen LogP contribution in [0.5, 0.6) is 0 Å². The van der Waals surface area contributed by atoms with Crippen LogP contribution in [0.1, 0.15) is 49.8 Å². The van der Waals surface area contributed by atoms with Gasteiger partial charge in [-0.2, -0.15) is 5.26 Å². The van der Waals surface area contributed by atoms with Gasteiger partial charge in [-0.1, -0.05) is 12.1 Å². The first-order chi connectivity index (χ1) is 11.6. The van der Waals surface area contributed by atoms with Crippen molar-refractivity contribution in [2.45, 2.75) is 50.8 Å². The fourth-order valence-electron chi connectivity index (χ4n) is 3.40. The van der Waals surface area contributed by atoms with E-state index in [4.69, 9.17) is 5.26 Å². The van der Waals surface area contributed by atoms with Gasteiger partial charge in [-0.15, -0.1) is 0 Å². The molecule has 0 bridgehead atoms. The Morgan fingerprint density at radius 1 is 1.25 bits per heavy atom. The minimum absolute atomic E-state index is 0.0492. The van der Waals surface area contributed by atoms with Gasteiger partial charge in [0.25, 0.3) is 0 Å². The van der Waals surface area contributed by atoms with Crippen LogP contribution in [0.25, 0.3) is 0 Å².